The second kappa shape index (κ2) is 9.60. The van der Waals surface area contributed by atoms with Gasteiger partial charge in [0.05, 0.1) is 23.8 Å². The normalized spacial score (nSPS) is 13.5. The summed E-state index contributed by atoms with van der Waals surface area (Å²) in [4.78, 5) is 24.0. The Hall–Kier alpha value is 0.960. The number of rotatable bonds is 6. The summed E-state index contributed by atoms with van der Waals surface area (Å²) < 4.78 is 2.33. The number of nitrogens with one attached hydrogen (secondary N) is 1. The lowest BCUT2D eigenvalue weighted by molar-refractivity contribution is -0.0123. The lowest BCUT2D eigenvalue weighted by Gasteiger charge is -2.18. The third-order valence-electron chi connectivity index (χ3n) is 2.84. The largest absolute Gasteiger partial charge is 0.394 e. The first-order valence-electron chi connectivity index (χ1n) is 6.04. The van der Waals surface area contributed by atoms with E-state index in [1.54, 1.807) is 0 Å². The van der Waals surface area contributed by atoms with E-state index < -0.39 is 30.6 Å². The van der Waals surface area contributed by atoms with Crippen LogP contribution < -0.4 is 11.1 Å². The molecule has 2 unspecified atom stereocenters. The second-order valence-corrected chi connectivity index (χ2v) is 8.71. The standard InChI is InChI=1S/C12H12I4N2O5/c13-7-5(11(17)22)8(14)10(16)6(9(7)15)12(23)18-1-3(20)4(21)2-19/h3-4,19-21H,1-2H2,(H2,17,22)(H,18,23). The van der Waals surface area contributed by atoms with Gasteiger partial charge in [0.25, 0.3) is 11.8 Å². The zero-order chi connectivity index (χ0) is 17.9. The molecule has 1 aromatic carbocycles. The van der Waals surface area contributed by atoms with Crippen LogP contribution in [-0.2, 0) is 0 Å². The number of aliphatic hydroxyl groups excluding tert-OH is 3. The molecule has 1 rings (SSSR count). The molecule has 2 amide bonds. The van der Waals surface area contributed by atoms with Crippen LogP contribution >= 0.6 is 90.4 Å². The smallest absolute Gasteiger partial charge is 0.253 e. The molecule has 0 saturated carbocycles. The highest BCUT2D eigenvalue weighted by molar-refractivity contribution is 14.1. The molecule has 7 nitrogen and oxygen atoms in total. The van der Waals surface area contributed by atoms with Crippen molar-refractivity contribution in [1.82, 2.24) is 5.32 Å². The molecular weight excluding hydrogens is 760 g/mol. The molecule has 0 aliphatic rings. The number of carbonyl (C=O) groups is 2. The van der Waals surface area contributed by atoms with Crippen LogP contribution in [0.3, 0.4) is 0 Å². The average molecular weight is 772 g/mol. The van der Waals surface area contributed by atoms with Gasteiger partial charge in [0.1, 0.15) is 6.10 Å². The molecule has 0 bridgehead atoms. The molecule has 6 N–H and O–H groups in total. The first-order chi connectivity index (χ1) is 10.6. The maximum absolute atomic E-state index is 12.4. The topological polar surface area (TPSA) is 133 Å². The Balaban J connectivity index is 3.14. The van der Waals surface area contributed by atoms with E-state index in [0.717, 1.165) is 0 Å². The van der Waals surface area contributed by atoms with Crippen LogP contribution in [0, 0.1) is 14.3 Å². The first kappa shape index (κ1) is 22.0. The summed E-state index contributed by atoms with van der Waals surface area (Å²) >= 11 is 7.85. The molecule has 0 saturated heterocycles. The van der Waals surface area contributed by atoms with Gasteiger partial charge in [-0.25, -0.2) is 0 Å². The molecule has 128 valence electrons. The van der Waals surface area contributed by atoms with Crippen molar-refractivity contribution >= 4 is 102 Å². The minimum absolute atomic E-state index is 0.211. The summed E-state index contributed by atoms with van der Waals surface area (Å²) in [6.07, 6.45) is -2.60. The second-order valence-electron chi connectivity index (χ2n) is 4.40. The van der Waals surface area contributed by atoms with Crippen LogP contribution in [0.2, 0.25) is 0 Å². The number of amides is 2. The van der Waals surface area contributed by atoms with Crippen molar-refractivity contribution in [3.8, 4) is 0 Å². The van der Waals surface area contributed by atoms with Crippen molar-refractivity contribution in [2.75, 3.05) is 13.2 Å². The Kier molecular flexibility index (Phi) is 9.18. The van der Waals surface area contributed by atoms with Crippen molar-refractivity contribution in [3.05, 3.63) is 25.4 Å². The van der Waals surface area contributed by atoms with Crippen LogP contribution in [0.25, 0.3) is 0 Å². The fourth-order valence-electron chi connectivity index (χ4n) is 1.59. The van der Waals surface area contributed by atoms with Crippen LogP contribution in [0.1, 0.15) is 20.7 Å². The Morgan fingerprint density at radius 2 is 1.39 bits per heavy atom. The van der Waals surface area contributed by atoms with E-state index in [9.17, 15) is 19.8 Å². The molecule has 0 aliphatic heterocycles. The number of benzene rings is 1. The molecule has 0 spiro atoms. The first-order valence-corrected chi connectivity index (χ1v) is 10.4. The van der Waals surface area contributed by atoms with Crippen LogP contribution in [0.15, 0.2) is 0 Å². The van der Waals surface area contributed by atoms with Gasteiger partial charge in [-0.15, -0.1) is 0 Å². The molecule has 0 heterocycles. The minimum Gasteiger partial charge on any atom is -0.394 e. The molecule has 0 aliphatic carbocycles. The number of hydrogen-bond donors (Lipinski definition) is 5. The van der Waals surface area contributed by atoms with Gasteiger partial charge in [-0.05, 0) is 90.4 Å². The van der Waals surface area contributed by atoms with Gasteiger partial charge in [-0.1, -0.05) is 0 Å². The van der Waals surface area contributed by atoms with E-state index >= 15 is 0 Å². The van der Waals surface area contributed by atoms with E-state index in [0.29, 0.717) is 25.4 Å². The quantitative estimate of drug-likeness (QED) is 0.214. The van der Waals surface area contributed by atoms with Crippen molar-refractivity contribution in [3.63, 3.8) is 0 Å². The van der Waals surface area contributed by atoms with Crippen molar-refractivity contribution in [2.45, 2.75) is 12.2 Å². The van der Waals surface area contributed by atoms with Gasteiger partial charge in [0.2, 0.25) is 0 Å². The highest BCUT2D eigenvalue weighted by Gasteiger charge is 2.26. The summed E-state index contributed by atoms with van der Waals surface area (Å²) in [7, 11) is 0. The summed E-state index contributed by atoms with van der Waals surface area (Å²) in [5, 5.41) is 30.1. The zero-order valence-corrected chi connectivity index (χ0v) is 19.9. The Morgan fingerprint density at radius 3 is 1.78 bits per heavy atom. The number of primary amides is 1. The fraction of sp³-hybridized carbons (Fsp3) is 0.333. The molecule has 1 aromatic rings. The molecule has 2 atom stereocenters. The van der Waals surface area contributed by atoms with Gasteiger partial charge in [-0.3, -0.25) is 9.59 Å². The number of nitrogens with two attached hydrogens (primary N) is 1. The number of hydrogen-bond acceptors (Lipinski definition) is 5. The third-order valence-corrected chi connectivity index (χ3v) is 9.22. The molecule has 0 fully saturated rings. The van der Waals surface area contributed by atoms with Crippen molar-refractivity contribution in [2.24, 2.45) is 5.73 Å². The lowest BCUT2D eigenvalue weighted by atomic mass is 10.1. The van der Waals surface area contributed by atoms with Crippen molar-refractivity contribution in [1.29, 1.82) is 0 Å². The van der Waals surface area contributed by atoms with E-state index in [4.69, 9.17) is 10.8 Å². The van der Waals surface area contributed by atoms with Gasteiger partial charge in [0, 0.05) is 20.8 Å². The number of carbonyl (C=O) groups excluding carboxylic acids is 2. The predicted molar refractivity (Wildman–Crippen MR) is 117 cm³/mol. The van der Waals surface area contributed by atoms with E-state index in [-0.39, 0.29) is 6.54 Å². The Labute approximate surface area is 186 Å². The van der Waals surface area contributed by atoms with Gasteiger partial charge < -0.3 is 26.4 Å². The van der Waals surface area contributed by atoms with Gasteiger partial charge in [0.15, 0.2) is 0 Å². The highest BCUT2D eigenvalue weighted by Crippen LogP contribution is 2.32. The van der Waals surface area contributed by atoms with E-state index in [1.807, 2.05) is 90.4 Å². The molecule has 0 radical (unpaired) electrons. The fourth-order valence-corrected chi connectivity index (χ4v) is 5.80. The van der Waals surface area contributed by atoms with Crippen LogP contribution in [0.4, 0.5) is 0 Å². The van der Waals surface area contributed by atoms with Crippen molar-refractivity contribution < 1.29 is 24.9 Å². The van der Waals surface area contributed by atoms with Gasteiger partial charge in [-0.2, -0.15) is 0 Å². The summed E-state index contributed by atoms with van der Waals surface area (Å²) in [6, 6.07) is 0. The van der Waals surface area contributed by atoms with E-state index in [2.05, 4.69) is 5.32 Å². The summed E-state index contributed by atoms with van der Waals surface area (Å²) in [5.41, 5.74) is 6.12. The molecule has 11 heteroatoms. The van der Waals surface area contributed by atoms with E-state index in [1.165, 1.54) is 0 Å². The molecule has 0 aromatic heterocycles. The Morgan fingerprint density at radius 1 is 0.957 bits per heavy atom. The molecule has 23 heavy (non-hydrogen) atoms. The number of halogens is 4. The minimum atomic E-state index is -1.33. The zero-order valence-electron chi connectivity index (χ0n) is 11.3. The van der Waals surface area contributed by atoms with Crippen LogP contribution in [-0.4, -0.2) is 52.5 Å². The maximum atomic E-state index is 12.4. The van der Waals surface area contributed by atoms with Gasteiger partial charge >= 0.3 is 0 Å². The average Bonchev–Trinajstić information content (AvgIpc) is 2.49. The SMILES string of the molecule is NC(=O)c1c(I)c(I)c(C(=O)NCC(O)C(O)CO)c(I)c1I. The van der Waals surface area contributed by atoms with Crippen LogP contribution in [0.5, 0.6) is 0 Å². The summed E-state index contributed by atoms with van der Waals surface area (Å²) in [6.45, 7) is -0.813. The number of aliphatic hydroxyl groups is 3. The maximum Gasteiger partial charge on any atom is 0.253 e. The third kappa shape index (κ3) is 5.22. The predicted octanol–water partition coefficient (Wildman–Crippen LogP) is 0.648. The molecular formula is C12H12I4N2O5. The highest BCUT2D eigenvalue weighted by atomic mass is 127. The Bertz CT molecular complexity index is 611. The summed E-state index contributed by atoms with van der Waals surface area (Å²) in [5.74, 6) is -1.02. The monoisotopic (exact) mass is 772 g/mol. The lowest BCUT2D eigenvalue weighted by Crippen LogP contribution is -2.41.